The first kappa shape index (κ1) is 14.8. The lowest BCUT2D eigenvalue weighted by molar-refractivity contribution is 0.283. The number of aliphatic hydroxyl groups excluding tert-OH is 1. The Balaban J connectivity index is 2.35. The van der Waals surface area contributed by atoms with Crippen LogP contribution in [0.4, 0.5) is 5.69 Å². The van der Waals surface area contributed by atoms with E-state index in [0.717, 1.165) is 4.47 Å². The zero-order valence-electron chi connectivity index (χ0n) is 11.7. The zero-order chi connectivity index (χ0) is 13.8. The highest BCUT2D eigenvalue weighted by atomic mass is 79.9. The standard InChI is InChI=1S/C15H23BrN2O/c1-11(17-2)14-7-6-12(16)10-15(14)18(8-9-19)13-4-3-5-13/h6-7,10-11,13,17,19H,3-5,8-9H2,1-2H3. The highest BCUT2D eigenvalue weighted by Gasteiger charge is 2.27. The number of rotatable bonds is 6. The number of hydrogen-bond acceptors (Lipinski definition) is 3. The Morgan fingerprint density at radius 2 is 2.21 bits per heavy atom. The summed E-state index contributed by atoms with van der Waals surface area (Å²) >= 11 is 3.57. The van der Waals surface area contributed by atoms with E-state index in [1.165, 1.54) is 30.5 Å². The van der Waals surface area contributed by atoms with Gasteiger partial charge >= 0.3 is 0 Å². The summed E-state index contributed by atoms with van der Waals surface area (Å²) in [6.07, 6.45) is 3.78. The van der Waals surface area contributed by atoms with Gasteiger partial charge in [-0.15, -0.1) is 0 Å². The van der Waals surface area contributed by atoms with E-state index in [4.69, 9.17) is 0 Å². The summed E-state index contributed by atoms with van der Waals surface area (Å²) in [4.78, 5) is 2.37. The van der Waals surface area contributed by atoms with Crippen molar-refractivity contribution in [2.75, 3.05) is 25.1 Å². The fourth-order valence-corrected chi connectivity index (χ4v) is 2.94. The van der Waals surface area contributed by atoms with Gasteiger partial charge < -0.3 is 15.3 Å². The van der Waals surface area contributed by atoms with Crippen LogP contribution in [0, 0.1) is 0 Å². The molecule has 1 aliphatic carbocycles. The van der Waals surface area contributed by atoms with Gasteiger partial charge in [0, 0.05) is 28.8 Å². The molecule has 0 aromatic heterocycles. The third-order valence-corrected chi connectivity index (χ3v) is 4.55. The van der Waals surface area contributed by atoms with Crippen molar-refractivity contribution in [1.29, 1.82) is 0 Å². The van der Waals surface area contributed by atoms with E-state index in [0.29, 0.717) is 18.6 Å². The quantitative estimate of drug-likeness (QED) is 0.843. The summed E-state index contributed by atoms with van der Waals surface area (Å²) in [7, 11) is 1.98. The molecule has 2 N–H and O–H groups in total. The molecule has 1 unspecified atom stereocenters. The Morgan fingerprint density at radius 3 is 2.74 bits per heavy atom. The first-order chi connectivity index (χ1) is 9.17. The highest BCUT2D eigenvalue weighted by molar-refractivity contribution is 9.10. The molecular formula is C15H23BrN2O. The second kappa shape index (κ2) is 6.73. The molecule has 1 saturated carbocycles. The second-order valence-electron chi connectivity index (χ2n) is 5.22. The molecular weight excluding hydrogens is 304 g/mol. The maximum Gasteiger partial charge on any atom is 0.0606 e. The van der Waals surface area contributed by atoms with E-state index >= 15 is 0 Å². The lowest BCUT2D eigenvalue weighted by Crippen LogP contribution is -2.42. The van der Waals surface area contributed by atoms with Crippen LogP contribution in [-0.2, 0) is 0 Å². The average Bonchev–Trinajstić information content (AvgIpc) is 2.35. The second-order valence-corrected chi connectivity index (χ2v) is 6.13. The highest BCUT2D eigenvalue weighted by Crippen LogP contribution is 2.35. The molecule has 0 bridgehead atoms. The molecule has 0 heterocycles. The molecule has 1 aromatic rings. The van der Waals surface area contributed by atoms with Crippen LogP contribution in [0.1, 0.15) is 37.8 Å². The number of benzene rings is 1. The first-order valence-corrected chi connectivity index (χ1v) is 7.81. The molecule has 2 rings (SSSR count). The SMILES string of the molecule is CNC(C)c1ccc(Br)cc1N(CCO)C1CCC1. The molecule has 0 spiro atoms. The van der Waals surface area contributed by atoms with E-state index in [1.807, 2.05) is 7.05 Å². The van der Waals surface area contributed by atoms with Crippen molar-refractivity contribution in [3.05, 3.63) is 28.2 Å². The predicted molar refractivity (Wildman–Crippen MR) is 83.7 cm³/mol. The average molecular weight is 327 g/mol. The van der Waals surface area contributed by atoms with Crippen molar-refractivity contribution in [3.8, 4) is 0 Å². The van der Waals surface area contributed by atoms with E-state index in [2.05, 4.69) is 51.3 Å². The van der Waals surface area contributed by atoms with E-state index in [1.54, 1.807) is 0 Å². The summed E-state index contributed by atoms with van der Waals surface area (Å²) in [6, 6.07) is 7.33. The fourth-order valence-electron chi connectivity index (χ4n) is 2.59. The molecule has 19 heavy (non-hydrogen) atoms. The minimum Gasteiger partial charge on any atom is -0.395 e. The lowest BCUT2D eigenvalue weighted by atomic mass is 9.90. The molecule has 1 aliphatic rings. The van der Waals surface area contributed by atoms with E-state index in [-0.39, 0.29) is 6.61 Å². The van der Waals surface area contributed by atoms with Gasteiger partial charge in [0.2, 0.25) is 0 Å². The zero-order valence-corrected chi connectivity index (χ0v) is 13.3. The van der Waals surface area contributed by atoms with Crippen LogP contribution in [0.15, 0.2) is 22.7 Å². The molecule has 0 aliphatic heterocycles. The van der Waals surface area contributed by atoms with Gasteiger partial charge in [0.25, 0.3) is 0 Å². The fraction of sp³-hybridized carbons (Fsp3) is 0.600. The Morgan fingerprint density at radius 1 is 1.47 bits per heavy atom. The number of anilines is 1. The van der Waals surface area contributed by atoms with Gasteiger partial charge in [-0.05, 0) is 50.9 Å². The van der Waals surface area contributed by atoms with Gasteiger partial charge in [-0.2, -0.15) is 0 Å². The monoisotopic (exact) mass is 326 g/mol. The number of hydrogen-bond donors (Lipinski definition) is 2. The third kappa shape index (κ3) is 3.30. The molecule has 4 heteroatoms. The Kier molecular flexibility index (Phi) is 5.25. The molecule has 3 nitrogen and oxygen atoms in total. The number of aliphatic hydroxyl groups is 1. The molecule has 0 radical (unpaired) electrons. The Hall–Kier alpha value is -0.580. The third-order valence-electron chi connectivity index (χ3n) is 4.06. The maximum atomic E-state index is 9.35. The van der Waals surface area contributed by atoms with Gasteiger partial charge in [-0.3, -0.25) is 0 Å². The van der Waals surface area contributed by atoms with E-state index in [9.17, 15) is 5.11 Å². The number of halogens is 1. The van der Waals surface area contributed by atoms with Crippen molar-refractivity contribution in [3.63, 3.8) is 0 Å². The first-order valence-electron chi connectivity index (χ1n) is 7.01. The van der Waals surface area contributed by atoms with Crippen molar-refractivity contribution in [1.82, 2.24) is 5.32 Å². The Labute approximate surface area is 124 Å². The van der Waals surface area contributed by atoms with Crippen molar-refractivity contribution in [2.45, 2.75) is 38.3 Å². The Bertz CT molecular complexity index is 421. The van der Waals surface area contributed by atoms with Crippen LogP contribution >= 0.6 is 15.9 Å². The normalized spacial score (nSPS) is 17.1. The number of nitrogens with zero attached hydrogens (tertiary/aromatic N) is 1. The van der Waals surface area contributed by atoms with Crippen molar-refractivity contribution >= 4 is 21.6 Å². The van der Waals surface area contributed by atoms with Crippen LogP contribution in [0.2, 0.25) is 0 Å². The molecule has 0 amide bonds. The van der Waals surface area contributed by atoms with E-state index < -0.39 is 0 Å². The minimum absolute atomic E-state index is 0.205. The van der Waals surface area contributed by atoms with Crippen molar-refractivity contribution < 1.29 is 5.11 Å². The number of nitrogens with one attached hydrogen (secondary N) is 1. The summed E-state index contributed by atoms with van der Waals surface area (Å²) < 4.78 is 1.09. The molecule has 1 aromatic carbocycles. The molecule has 0 saturated heterocycles. The van der Waals surface area contributed by atoms with Gasteiger partial charge in [-0.25, -0.2) is 0 Å². The van der Waals surface area contributed by atoms with Crippen molar-refractivity contribution in [2.24, 2.45) is 0 Å². The van der Waals surface area contributed by atoms with Gasteiger partial charge in [0.1, 0.15) is 0 Å². The smallest absolute Gasteiger partial charge is 0.0606 e. The van der Waals surface area contributed by atoms with Crippen LogP contribution in [0.25, 0.3) is 0 Å². The topological polar surface area (TPSA) is 35.5 Å². The van der Waals surface area contributed by atoms with Gasteiger partial charge in [-0.1, -0.05) is 22.0 Å². The molecule has 106 valence electrons. The van der Waals surface area contributed by atoms with Crippen LogP contribution in [0.3, 0.4) is 0 Å². The lowest BCUT2D eigenvalue weighted by Gasteiger charge is -2.40. The predicted octanol–water partition coefficient (Wildman–Crippen LogP) is 3.08. The molecule has 1 atom stereocenters. The van der Waals surface area contributed by atoms with Crippen LogP contribution < -0.4 is 10.2 Å². The van der Waals surface area contributed by atoms with Gasteiger partial charge in [0.15, 0.2) is 0 Å². The summed E-state index contributed by atoms with van der Waals surface area (Å²) in [5.41, 5.74) is 2.54. The van der Waals surface area contributed by atoms with Crippen LogP contribution in [0.5, 0.6) is 0 Å². The molecule has 1 fully saturated rings. The minimum atomic E-state index is 0.205. The summed E-state index contributed by atoms with van der Waals surface area (Å²) in [5.74, 6) is 0. The maximum absolute atomic E-state index is 9.35. The summed E-state index contributed by atoms with van der Waals surface area (Å²) in [5, 5.41) is 12.7. The van der Waals surface area contributed by atoms with Crippen LogP contribution in [-0.4, -0.2) is 31.3 Å². The largest absolute Gasteiger partial charge is 0.395 e. The van der Waals surface area contributed by atoms with Gasteiger partial charge in [0.05, 0.1) is 6.61 Å². The summed E-state index contributed by atoms with van der Waals surface area (Å²) in [6.45, 7) is 3.09.